The summed E-state index contributed by atoms with van der Waals surface area (Å²) in [5.41, 5.74) is 10.4. The van der Waals surface area contributed by atoms with Gasteiger partial charge in [0.25, 0.3) is 0 Å². The molecule has 1 aliphatic heterocycles. The van der Waals surface area contributed by atoms with Gasteiger partial charge in [-0.05, 0) is 36.3 Å². The Labute approximate surface area is 151 Å². The van der Waals surface area contributed by atoms with Gasteiger partial charge in [-0.2, -0.15) is 0 Å². The number of carbonyl (C=O) groups excluding carboxylic acids is 1. The van der Waals surface area contributed by atoms with Crippen LogP contribution in [0.5, 0.6) is 0 Å². The lowest BCUT2D eigenvalue weighted by Gasteiger charge is -2.38. The Morgan fingerprint density at radius 2 is 2.00 bits per heavy atom. The minimum absolute atomic E-state index is 0.0808. The summed E-state index contributed by atoms with van der Waals surface area (Å²) in [6, 6.07) is 8.80. The second-order valence-corrected chi connectivity index (χ2v) is 8.47. The fourth-order valence-electron chi connectivity index (χ4n) is 4.15. The van der Waals surface area contributed by atoms with E-state index in [0.29, 0.717) is 0 Å². The van der Waals surface area contributed by atoms with E-state index in [9.17, 15) is 4.79 Å². The summed E-state index contributed by atoms with van der Waals surface area (Å²) in [6.45, 7) is 9.03. The van der Waals surface area contributed by atoms with E-state index < -0.39 is 0 Å². The van der Waals surface area contributed by atoms with Crippen LogP contribution in [0, 0.1) is 5.41 Å². The topological polar surface area (TPSA) is 51.3 Å². The molecule has 0 radical (unpaired) electrons. The van der Waals surface area contributed by atoms with Gasteiger partial charge in [-0.15, -0.1) is 0 Å². The first-order chi connectivity index (χ1) is 11.7. The number of benzene rings is 1. The summed E-state index contributed by atoms with van der Waals surface area (Å²) >= 11 is 0. The van der Waals surface area contributed by atoms with Gasteiger partial charge in [-0.25, -0.2) is 0 Å². The standard InChI is InChI=1S/C21H31N3O/c1-14(25)24-13-12-16-15-8-6-7-9-17(15)23(5)20(16)18(24)10-11-19(22)21(2,3)4/h6-9,18-19H,10-13,22H2,1-5H3. The maximum absolute atomic E-state index is 12.3. The molecule has 136 valence electrons. The second-order valence-electron chi connectivity index (χ2n) is 8.47. The average molecular weight is 341 g/mol. The predicted octanol–water partition coefficient (Wildman–Crippen LogP) is 3.78. The molecule has 2 aromatic rings. The Balaban J connectivity index is 2.01. The Morgan fingerprint density at radius 1 is 1.32 bits per heavy atom. The molecule has 25 heavy (non-hydrogen) atoms. The molecule has 0 spiro atoms. The summed E-state index contributed by atoms with van der Waals surface area (Å²) in [5.74, 6) is 0.158. The van der Waals surface area contributed by atoms with Crippen LogP contribution in [-0.4, -0.2) is 28.0 Å². The van der Waals surface area contributed by atoms with Crippen molar-refractivity contribution < 1.29 is 4.79 Å². The molecule has 1 aliphatic rings. The van der Waals surface area contributed by atoms with Crippen molar-refractivity contribution >= 4 is 16.8 Å². The van der Waals surface area contributed by atoms with E-state index in [-0.39, 0.29) is 23.4 Å². The highest BCUT2D eigenvalue weighted by molar-refractivity contribution is 5.86. The number of aromatic nitrogens is 1. The molecule has 4 nitrogen and oxygen atoms in total. The Morgan fingerprint density at radius 3 is 2.64 bits per heavy atom. The van der Waals surface area contributed by atoms with E-state index in [0.717, 1.165) is 25.8 Å². The first-order valence-corrected chi connectivity index (χ1v) is 9.30. The van der Waals surface area contributed by atoms with Crippen molar-refractivity contribution in [3.8, 4) is 0 Å². The van der Waals surface area contributed by atoms with Gasteiger partial charge >= 0.3 is 0 Å². The normalized spacial score (nSPS) is 19.1. The largest absolute Gasteiger partial charge is 0.346 e. The molecule has 0 aliphatic carbocycles. The number of nitrogens with zero attached hydrogens (tertiary/aromatic N) is 2. The lowest BCUT2D eigenvalue weighted by Crippen LogP contribution is -2.41. The van der Waals surface area contributed by atoms with Crippen LogP contribution in [0.2, 0.25) is 0 Å². The molecule has 1 amide bonds. The van der Waals surface area contributed by atoms with E-state index in [4.69, 9.17) is 5.73 Å². The smallest absolute Gasteiger partial charge is 0.220 e. The molecule has 4 heteroatoms. The van der Waals surface area contributed by atoms with Crippen LogP contribution < -0.4 is 5.73 Å². The number of hydrogen-bond donors (Lipinski definition) is 1. The fourth-order valence-corrected chi connectivity index (χ4v) is 4.15. The van der Waals surface area contributed by atoms with E-state index in [1.165, 1.54) is 22.2 Å². The Hall–Kier alpha value is -1.81. The number of carbonyl (C=O) groups is 1. The monoisotopic (exact) mass is 341 g/mol. The zero-order valence-electron chi connectivity index (χ0n) is 16.2. The zero-order valence-corrected chi connectivity index (χ0v) is 16.2. The van der Waals surface area contributed by atoms with Gasteiger partial charge < -0.3 is 15.2 Å². The third kappa shape index (κ3) is 3.20. The molecule has 0 saturated heterocycles. The van der Waals surface area contributed by atoms with E-state index in [2.05, 4.69) is 56.7 Å². The van der Waals surface area contributed by atoms with Crippen molar-refractivity contribution in [2.75, 3.05) is 6.54 Å². The van der Waals surface area contributed by atoms with Crippen molar-refractivity contribution in [3.05, 3.63) is 35.5 Å². The molecule has 3 rings (SSSR count). The highest BCUT2D eigenvalue weighted by atomic mass is 16.2. The molecule has 2 N–H and O–H groups in total. The van der Waals surface area contributed by atoms with Gasteiger partial charge in [0, 0.05) is 43.2 Å². The van der Waals surface area contributed by atoms with Crippen molar-refractivity contribution in [3.63, 3.8) is 0 Å². The van der Waals surface area contributed by atoms with Crippen LogP contribution in [0.3, 0.4) is 0 Å². The molecule has 2 atom stereocenters. The molecule has 2 heterocycles. The lowest BCUT2D eigenvalue weighted by atomic mass is 9.83. The SMILES string of the molecule is CC(=O)N1CCc2c(n(C)c3ccccc23)C1CCC(N)C(C)(C)C. The van der Waals surface area contributed by atoms with Crippen LogP contribution in [0.15, 0.2) is 24.3 Å². The quantitative estimate of drug-likeness (QED) is 0.924. The number of hydrogen-bond acceptors (Lipinski definition) is 2. The van der Waals surface area contributed by atoms with Gasteiger partial charge in [0.2, 0.25) is 5.91 Å². The number of aryl methyl sites for hydroxylation is 1. The molecule has 1 aromatic carbocycles. The van der Waals surface area contributed by atoms with Gasteiger partial charge in [-0.1, -0.05) is 39.0 Å². The Kier molecular flexibility index (Phi) is 4.67. The highest BCUT2D eigenvalue weighted by Gasteiger charge is 2.34. The maximum atomic E-state index is 12.3. The first kappa shape index (κ1) is 18.0. The summed E-state index contributed by atoms with van der Waals surface area (Å²) in [7, 11) is 2.13. The average Bonchev–Trinajstić information content (AvgIpc) is 2.85. The highest BCUT2D eigenvalue weighted by Crippen LogP contribution is 2.39. The molecule has 0 saturated carbocycles. The first-order valence-electron chi connectivity index (χ1n) is 9.30. The number of fused-ring (bicyclic) bond motifs is 3. The van der Waals surface area contributed by atoms with Crippen LogP contribution in [0.25, 0.3) is 10.9 Å². The van der Waals surface area contributed by atoms with Crippen molar-refractivity contribution in [2.24, 2.45) is 18.2 Å². The van der Waals surface area contributed by atoms with Crippen LogP contribution in [-0.2, 0) is 18.3 Å². The summed E-state index contributed by atoms with van der Waals surface area (Å²) < 4.78 is 2.28. The van der Waals surface area contributed by atoms with Crippen LogP contribution in [0.4, 0.5) is 0 Å². The van der Waals surface area contributed by atoms with Gasteiger partial charge in [0.1, 0.15) is 0 Å². The maximum Gasteiger partial charge on any atom is 0.220 e. The molecular weight excluding hydrogens is 310 g/mol. The van der Waals surface area contributed by atoms with Crippen molar-refractivity contribution in [2.45, 2.75) is 59.0 Å². The predicted molar refractivity (Wildman–Crippen MR) is 103 cm³/mol. The molecule has 0 fully saturated rings. The van der Waals surface area contributed by atoms with Crippen molar-refractivity contribution in [1.82, 2.24) is 9.47 Å². The van der Waals surface area contributed by atoms with Crippen LogP contribution in [0.1, 0.15) is 57.8 Å². The zero-order chi connectivity index (χ0) is 18.4. The molecule has 1 aromatic heterocycles. The van der Waals surface area contributed by atoms with Gasteiger partial charge in [0.05, 0.1) is 6.04 Å². The van der Waals surface area contributed by atoms with E-state index in [1.807, 2.05) is 4.90 Å². The molecule has 0 bridgehead atoms. The fraction of sp³-hybridized carbons (Fsp3) is 0.571. The number of nitrogens with two attached hydrogens (primary N) is 1. The summed E-state index contributed by atoms with van der Waals surface area (Å²) in [4.78, 5) is 14.3. The third-order valence-electron chi connectivity index (χ3n) is 5.82. The van der Waals surface area contributed by atoms with Gasteiger partial charge in [0.15, 0.2) is 0 Å². The van der Waals surface area contributed by atoms with E-state index in [1.54, 1.807) is 6.92 Å². The minimum Gasteiger partial charge on any atom is -0.346 e. The number of amides is 1. The molecule has 2 unspecified atom stereocenters. The summed E-state index contributed by atoms with van der Waals surface area (Å²) in [6.07, 6.45) is 2.76. The Bertz CT molecular complexity index is 784. The third-order valence-corrected chi connectivity index (χ3v) is 5.82. The lowest BCUT2D eigenvalue weighted by molar-refractivity contribution is -0.132. The van der Waals surface area contributed by atoms with E-state index >= 15 is 0 Å². The van der Waals surface area contributed by atoms with Crippen molar-refractivity contribution in [1.29, 1.82) is 0 Å². The van der Waals surface area contributed by atoms with Gasteiger partial charge in [-0.3, -0.25) is 4.79 Å². The number of para-hydroxylation sites is 1. The second kappa shape index (κ2) is 6.49. The van der Waals surface area contributed by atoms with Crippen LogP contribution >= 0.6 is 0 Å². The summed E-state index contributed by atoms with van der Waals surface area (Å²) in [5, 5.41) is 1.33. The number of rotatable bonds is 3. The minimum atomic E-state index is 0.0808. The molecular formula is C21H31N3O.